The second-order valence-corrected chi connectivity index (χ2v) is 12.0. The Hall–Kier alpha value is -4.72. The predicted molar refractivity (Wildman–Crippen MR) is 171 cm³/mol. The van der Waals surface area contributed by atoms with E-state index >= 15 is 0 Å². The number of hydrogen-bond donors (Lipinski definition) is 2. The van der Waals surface area contributed by atoms with E-state index in [9.17, 15) is 41.0 Å². The molecule has 5 rings (SSSR count). The van der Waals surface area contributed by atoms with Gasteiger partial charge in [0.05, 0.1) is 6.61 Å². The molecule has 3 aromatic rings. The molecule has 50 heavy (non-hydrogen) atoms. The lowest BCUT2D eigenvalue weighted by Crippen LogP contribution is -2.54. The first-order valence-electron chi connectivity index (χ1n) is 16.0. The Balaban J connectivity index is 1.35. The van der Waals surface area contributed by atoms with Crippen LogP contribution in [0.1, 0.15) is 60.9 Å². The third kappa shape index (κ3) is 6.85. The van der Waals surface area contributed by atoms with E-state index in [2.05, 4.69) is 5.32 Å². The first-order chi connectivity index (χ1) is 23.7. The summed E-state index contributed by atoms with van der Waals surface area (Å²) in [6.45, 7) is 4.04. The molecule has 14 heteroatoms. The van der Waals surface area contributed by atoms with Crippen molar-refractivity contribution in [2.45, 2.75) is 63.0 Å². The number of hydrogen-bond acceptors (Lipinski definition) is 6. The van der Waals surface area contributed by atoms with Crippen LogP contribution in [-0.2, 0) is 22.4 Å². The molecule has 2 heterocycles. The summed E-state index contributed by atoms with van der Waals surface area (Å²) in [6.07, 6.45) is -8.68. The number of fused-ring (bicyclic) bond motifs is 1. The quantitative estimate of drug-likeness (QED) is 0.116. The third-order valence-corrected chi connectivity index (χ3v) is 8.78. The molecule has 8 nitrogen and oxygen atoms in total. The van der Waals surface area contributed by atoms with E-state index < -0.39 is 41.0 Å². The number of nitrogens with one attached hydrogen (secondary N) is 1. The van der Waals surface area contributed by atoms with Crippen molar-refractivity contribution in [1.29, 1.82) is 0 Å². The molecule has 268 valence electrons. The monoisotopic (exact) mass is 706 g/mol. The standard InChI is InChI=1S/C36H36F6N2O6/c1-3-10-24-20-27(34(47,35(37,38)39)36(40,41)42)21-25(19-23-11-6-5-7-12-23)30(24)50-16-9-8-15-44-31(45)33(4-2,43-32(44)46)26-13-14-28-29(22-26)49-18-17-48-28/h3,5-7,10-14,20-22,47H,4,8-9,15-19H2,1-2H3,(H,43,46)/b10-3+. The molecule has 1 saturated heterocycles. The molecule has 0 aromatic heterocycles. The molecular formula is C36H36F6N2O6. The molecule has 1 atom stereocenters. The first-order valence-corrected chi connectivity index (χ1v) is 16.0. The van der Waals surface area contributed by atoms with Gasteiger partial charge in [0.2, 0.25) is 0 Å². The van der Waals surface area contributed by atoms with E-state index in [0.29, 0.717) is 48.0 Å². The molecule has 2 N–H and O–H groups in total. The largest absolute Gasteiger partial charge is 0.493 e. The van der Waals surface area contributed by atoms with Gasteiger partial charge in [0.15, 0.2) is 11.5 Å². The highest BCUT2D eigenvalue weighted by Crippen LogP contribution is 2.51. The number of halogens is 6. The molecule has 0 bridgehead atoms. The van der Waals surface area contributed by atoms with E-state index in [-0.39, 0.29) is 55.7 Å². The van der Waals surface area contributed by atoms with Crippen LogP contribution in [0.4, 0.5) is 31.1 Å². The Bertz CT molecular complexity index is 1730. The van der Waals surface area contributed by atoms with Crippen LogP contribution in [0.15, 0.2) is 66.7 Å². The van der Waals surface area contributed by atoms with Crippen LogP contribution < -0.4 is 19.5 Å². The molecule has 2 aliphatic rings. The van der Waals surface area contributed by atoms with Gasteiger partial charge in [-0.3, -0.25) is 9.69 Å². The van der Waals surface area contributed by atoms with Crippen LogP contribution in [0.3, 0.4) is 0 Å². The molecule has 0 saturated carbocycles. The number of carbonyl (C=O) groups is 2. The van der Waals surface area contributed by atoms with Gasteiger partial charge in [-0.05, 0) is 67.1 Å². The smallest absolute Gasteiger partial charge is 0.430 e. The predicted octanol–water partition coefficient (Wildman–Crippen LogP) is 7.41. The second kappa shape index (κ2) is 14.3. The molecule has 0 radical (unpaired) electrons. The number of ether oxygens (including phenoxy) is 3. The van der Waals surface area contributed by atoms with Crippen molar-refractivity contribution in [3.05, 3.63) is 94.6 Å². The number of rotatable bonds is 12. The van der Waals surface area contributed by atoms with Crippen molar-refractivity contribution in [1.82, 2.24) is 10.2 Å². The summed E-state index contributed by atoms with van der Waals surface area (Å²) in [6, 6.07) is 14.2. The van der Waals surface area contributed by atoms with E-state index in [1.165, 1.54) is 19.1 Å². The minimum atomic E-state index is -6.07. The fraction of sp³-hybridized carbons (Fsp3) is 0.389. The number of aliphatic hydroxyl groups is 1. The summed E-state index contributed by atoms with van der Waals surface area (Å²) in [4.78, 5) is 27.8. The van der Waals surface area contributed by atoms with Crippen LogP contribution in [0.25, 0.3) is 6.08 Å². The molecule has 3 amide bonds. The second-order valence-electron chi connectivity index (χ2n) is 12.0. The normalized spacial score (nSPS) is 18.1. The number of amides is 3. The van der Waals surface area contributed by atoms with Crippen molar-refractivity contribution < 1.29 is 55.2 Å². The number of nitrogens with zero attached hydrogens (tertiary/aromatic N) is 1. The molecule has 3 aromatic carbocycles. The highest BCUT2D eigenvalue weighted by molar-refractivity contribution is 6.07. The van der Waals surface area contributed by atoms with Crippen molar-refractivity contribution in [3.8, 4) is 17.2 Å². The maximum atomic E-state index is 13.9. The number of alkyl halides is 6. The van der Waals surface area contributed by atoms with Gasteiger partial charge in [-0.25, -0.2) is 4.79 Å². The van der Waals surface area contributed by atoms with Gasteiger partial charge in [-0.1, -0.05) is 55.5 Å². The maximum absolute atomic E-state index is 13.9. The van der Waals surface area contributed by atoms with Gasteiger partial charge < -0.3 is 24.6 Å². The Labute approximate surface area is 284 Å². The molecule has 1 fully saturated rings. The van der Waals surface area contributed by atoms with E-state index in [1.54, 1.807) is 55.5 Å². The van der Waals surface area contributed by atoms with Crippen LogP contribution in [0.2, 0.25) is 0 Å². The van der Waals surface area contributed by atoms with Crippen LogP contribution in [-0.4, -0.2) is 60.7 Å². The summed E-state index contributed by atoms with van der Waals surface area (Å²) in [7, 11) is 0. The number of unbranched alkanes of at least 4 members (excludes halogenated alkanes) is 1. The average molecular weight is 707 g/mol. The topological polar surface area (TPSA) is 97.3 Å². The van der Waals surface area contributed by atoms with Gasteiger partial charge >= 0.3 is 18.4 Å². The molecule has 0 aliphatic carbocycles. The van der Waals surface area contributed by atoms with Crippen LogP contribution >= 0.6 is 0 Å². The fourth-order valence-electron chi connectivity index (χ4n) is 6.16. The molecule has 0 spiro atoms. The van der Waals surface area contributed by atoms with E-state index in [1.807, 2.05) is 0 Å². The third-order valence-electron chi connectivity index (χ3n) is 8.78. The number of allylic oxidation sites excluding steroid dienone is 1. The van der Waals surface area contributed by atoms with Crippen molar-refractivity contribution in [3.63, 3.8) is 0 Å². The van der Waals surface area contributed by atoms with Gasteiger partial charge in [0, 0.05) is 24.1 Å². The zero-order valence-electron chi connectivity index (χ0n) is 27.3. The van der Waals surface area contributed by atoms with Gasteiger partial charge in [-0.2, -0.15) is 26.3 Å². The van der Waals surface area contributed by atoms with E-state index in [4.69, 9.17) is 14.2 Å². The van der Waals surface area contributed by atoms with Crippen LogP contribution in [0.5, 0.6) is 17.2 Å². The Morgan fingerprint density at radius 3 is 2.26 bits per heavy atom. The zero-order valence-corrected chi connectivity index (χ0v) is 27.3. The lowest BCUT2D eigenvalue weighted by atomic mass is 9.87. The minimum absolute atomic E-state index is 0.00465. The molecular weight excluding hydrogens is 670 g/mol. The summed E-state index contributed by atoms with van der Waals surface area (Å²) in [5.41, 5.74) is -6.80. The van der Waals surface area contributed by atoms with E-state index in [0.717, 1.165) is 4.90 Å². The lowest BCUT2D eigenvalue weighted by Gasteiger charge is -2.33. The Morgan fingerprint density at radius 1 is 0.940 bits per heavy atom. The molecule has 2 aliphatic heterocycles. The van der Waals surface area contributed by atoms with Crippen molar-refractivity contribution >= 4 is 18.0 Å². The Kier molecular flexibility index (Phi) is 10.4. The summed E-state index contributed by atoms with van der Waals surface area (Å²) >= 11 is 0. The number of imide groups is 1. The van der Waals surface area contributed by atoms with Crippen molar-refractivity contribution in [2.24, 2.45) is 0 Å². The van der Waals surface area contributed by atoms with Crippen molar-refractivity contribution in [2.75, 3.05) is 26.4 Å². The highest BCUT2D eigenvalue weighted by atomic mass is 19.4. The molecule has 1 unspecified atom stereocenters. The summed E-state index contributed by atoms with van der Waals surface area (Å²) in [5, 5.41) is 13.0. The van der Waals surface area contributed by atoms with Gasteiger partial charge in [0.25, 0.3) is 11.5 Å². The summed E-state index contributed by atoms with van der Waals surface area (Å²) in [5.74, 6) is 0.606. The highest BCUT2D eigenvalue weighted by Gasteiger charge is 2.71. The minimum Gasteiger partial charge on any atom is -0.493 e. The summed E-state index contributed by atoms with van der Waals surface area (Å²) < 4.78 is 101. The van der Waals surface area contributed by atoms with Gasteiger partial charge in [0.1, 0.15) is 24.5 Å². The number of benzene rings is 3. The maximum Gasteiger partial charge on any atom is 0.430 e. The SMILES string of the molecule is C/C=C/c1cc(C(O)(C(F)(F)F)C(F)(F)F)cc(Cc2ccccc2)c1OCCCCN1C(=O)NC(CC)(c2ccc3c(c2)OCCO3)C1=O. The van der Waals surface area contributed by atoms with Crippen LogP contribution in [0, 0.1) is 0 Å². The lowest BCUT2D eigenvalue weighted by molar-refractivity contribution is -0.376. The Morgan fingerprint density at radius 2 is 1.62 bits per heavy atom. The zero-order chi connectivity index (χ0) is 36.3. The number of urea groups is 1. The average Bonchev–Trinajstić information content (AvgIpc) is 3.33. The first kappa shape index (κ1) is 36.6. The fourth-order valence-corrected chi connectivity index (χ4v) is 6.16. The number of carbonyl (C=O) groups excluding carboxylic acids is 2. The van der Waals surface area contributed by atoms with Gasteiger partial charge in [-0.15, -0.1) is 0 Å².